The molecule has 0 spiro atoms. The molecule has 3 nitrogen and oxygen atoms in total. The molecule has 11 heavy (non-hydrogen) atoms. The SMILES string of the molecule is N#C[C@H]1CON2CCC[C@@H]1C2. The van der Waals surface area contributed by atoms with Gasteiger partial charge < -0.3 is 0 Å². The second-order valence-electron chi connectivity index (χ2n) is 3.32. The molecular weight excluding hydrogens is 140 g/mol. The molecule has 0 aromatic heterocycles. The van der Waals surface area contributed by atoms with Crippen molar-refractivity contribution in [1.29, 1.82) is 5.26 Å². The smallest absolute Gasteiger partial charge is 0.0846 e. The third-order valence-corrected chi connectivity index (χ3v) is 2.59. The highest BCUT2D eigenvalue weighted by atomic mass is 16.7. The standard InChI is InChI=1S/C8H12N2O/c9-4-8-6-11-10-3-1-2-7(8)5-10/h7-8H,1-3,5-6H2/t7-,8+/m1/s1. The van der Waals surface area contributed by atoms with E-state index in [1.807, 2.05) is 5.06 Å². The topological polar surface area (TPSA) is 36.3 Å². The van der Waals surface area contributed by atoms with Crippen LogP contribution in [0.5, 0.6) is 0 Å². The van der Waals surface area contributed by atoms with Crippen molar-refractivity contribution >= 4 is 0 Å². The average Bonchev–Trinajstić information content (AvgIpc) is 2.06. The highest BCUT2D eigenvalue weighted by Gasteiger charge is 2.32. The van der Waals surface area contributed by atoms with Gasteiger partial charge in [-0.05, 0) is 18.8 Å². The summed E-state index contributed by atoms with van der Waals surface area (Å²) in [7, 11) is 0. The maximum atomic E-state index is 8.75. The number of nitriles is 1. The average molecular weight is 152 g/mol. The van der Waals surface area contributed by atoms with Crippen LogP contribution in [-0.2, 0) is 4.84 Å². The Balaban J connectivity index is 2.04. The van der Waals surface area contributed by atoms with Crippen molar-refractivity contribution < 1.29 is 4.84 Å². The summed E-state index contributed by atoms with van der Waals surface area (Å²) in [4.78, 5) is 5.36. The molecule has 2 aliphatic rings. The Morgan fingerprint density at radius 2 is 2.45 bits per heavy atom. The lowest BCUT2D eigenvalue weighted by Gasteiger charge is -2.39. The summed E-state index contributed by atoms with van der Waals surface area (Å²) in [5, 5.41) is 10.8. The maximum Gasteiger partial charge on any atom is 0.0846 e. The Hall–Kier alpha value is -0.590. The van der Waals surface area contributed by atoms with Crippen molar-refractivity contribution in [3.05, 3.63) is 0 Å². The van der Waals surface area contributed by atoms with Crippen LogP contribution in [0.25, 0.3) is 0 Å². The third kappa shape index (κ3) is 1.24. The molecule has 0 saturated carbocycles. The molecule has 2 fully saturated rings. The minimum Gasteiger partial charge on any atom is -0.298 e. The van der Waals surface area contributed by atoms with Crippen LogP contribution in [0.15, 0.2) is 0 Å². The summed E-state index contributed by atoms with van der Waals surface area (Å²) in [5.74, 6) is 0.717. The second kappa shape index (κ2) is 2.80. The van der Waals surface area contributed by atoms with E-state index in [-0.39, 0.29) is 5.92 Å². The molecule has 1 unspecified atom stereocenters. The summed E-state index contributed by atoms with van der Waals surface area (Å²) in [5.41, 5.74) is 0. The molecule has 3 atom stereocenters. The van der Waals surface area contributed by atoms with Gasteiger partial charge in [0.2, 0.25) is 0 Å². The van der Waals surface area contributed by atoms with E-state index >= 15 is 0 Å². The fraction of sp³-hybridized carbons (Fsp3) is 0.875. The van der Waals surface area contributed by atoms with E-state index in [0.29, 0.717) is 12.5 Å². The lowest BCUT2D eigenvalue weighted by molar-refractivity contribution is -0.221. The molecule has 0 aromatic carbocycles. The quantitative estimate of drug-likeness (QED) is 0.514. The van der Waals surface area contributed by atoms with Crippen molar-refractivity contribution in [2.75, 3.05) is 19.7 Å². The number of rotatable bonds is 0. The second-order valence-corrected chi connectivity index (χ2v) is 3.32. The van der Waals surface area contributed by atoms with Crippen LogP contribution >= 0.6 is 0 Å². The van der Waals surface area contributed by atoms with E-state index in [1.165, 1.54) is 12.8 Å². The first-order valence-electron chi connectivity index (χ1n) is 4.17. The summed E-state index contributed by atoms with van der Waals surface area (Å²) in [6.07, 6.45) is 2.39. The van der Waals surface area contributed by atoms with Crippen LogP contribution in [0.4, 0.5) is 0 Å². The molecule has 2 rings (SSSR count). The minimum absolute atomic E-state index is 0.145. The number of piperidine rings is 1. The van der Waals surface area contributed by atoms with Crippen LogP contribution in [-0.4, -0.2) is 24.8 Å². The van der Waals surface area contributed by atoms with Crippen LogP contribution < -0.4 is 0 Å². The molecule has 0 aromatic rings. The lowest BCUT2D eigenvalue weighted by atomic mass is 9.86. The normalized spacial score (nSPS) is 43.0. The number of fused-ring (bicyclic) bond motifs is 2. The molecular formula is C8H12N2O. The van der Waals surface area contributed by atoms with Crippen LogP contribution in [0.1, 0.15) is 12.8 Å². The molecule has 0 N–H and O–H groups in total. The van der Waals surface area contributed by atoms with E-state index in [4.69, 9.17) is 10.1 Å². The third-order valence-electron chi connectivity index (χ3n) is 2.59. The monoisotopic (exact) mass is 152 g/mol. The van der Waals surface area contributed by atoms with Gasteiger partial charge in [0.25, 0.3) is 0 Å². The molecule has 60 valence electrons. The minimum atomic E-state index is 0.145. The zero-order chi connectivity index (χ0) is 7.68. The number of hydrogen-bond donors (Lipinski definition) is 0. The van der Waals surface area contributed by atoms with Crippen LogP contribution in [0.2, 0.25) is 0 Å². The lowest BCUT2D eigenvalue weighted by Crippen LogP contribution is -2.45. The summed E-state index contributed by atoms with van der Waals surface area (Å²) >= 11 is 0. The number of hydroxylamine groups is 2. The zero-order valence-electron chi connectivity index (χ0n) is 6.49. The molecule has 0 aliphatic carbocycles. The number of nitrogens with zero attached hydrogens (tertiary/aromatic N) is 2. The van der Waals surface area contributed by atoms with Crippen molar-refractivity contribution in [2.24, 2.45) is 11.8 Å². The number of hydrogen-bond acceptors (Lipinski definition) is 3. The molecule has 3 heteroatoms. The first kappa shape index (κ1) is 7.08. The summed E-state index contributed by atoms with van der Waals surface area (Å²) in [6, 6.07) is 2.31. The van der Waals surface area contributed by atoms with Gasteiger partial charge in [0, 0.05) is 13.1 Å². The predicted octanol–water partition coefficient (Wildman–Crippen LogP) is 0.783. The van der Waals surface area contributed by atoms with E-state index in [1.54, 1.807) is 0 Å². The maximum absolute atomic E-state index is 8.75. The van der Waals surface area contributed by atoms with Gasteiger partial charge in [-0.2, -0.15) is 10.3 Å². The Morgan fingerprint density at radius 1 is 1.55 bits per heavy atom. The Labute approximate surface area is 66.5 Å². The summed E-state index contributed by atoms with van der Waals surface area (Å²) < 4.78 is 0. The summed E-state index contributed by atoms with van der Waals surface area (Å²) in [6.45, 7) is 2.63. The van der Waals surface area contributed by atoms with Gasteiger partial charge in [0.05, 0.1) is 18.6 Å². The van der Waals surface area contributed by atoms with E-state index in [0.717, 1.165) is 13.1 Å². The van der Waals surface area contributed by atoms with Gasteiger partial charge >= 0.3 is 0 Å². The van der Waals surface area contributed by atoms with Gasteiger partial charge in [0.1, 0.15) is 0 Å². The Bertz CT molecular complexity index is 187. The van der Waals surface area contributed by atoms with Gasteiger partial charge in [0.15, 0.2) is 0 Å². The van der Waals surface area contributed by atoms with Gasteiger partial charge in [-0.3, -0.25) is 4.84 Å². The van der Waals surface area contributed by atoms with E-state index in [2.05, 4.69) is 6.07 Å². The highest BCUT2D eigenvalue weighted by Crippen LogP contribution is 2.28. The Morgan fingerprint density at radius 3 is 3.27 bits per heavy atom. The highest BCUT2D eigenvalue weighted by molar-refractivity contribution is 4.92. The van der Waals surface area contributed by atoms with Gasteiger partial charge in [-0.25, -0.2) is 0 Å². The van der Waals surface area contributed by atoms with Crippen molar-refractivity contribution in [3.8, 4) is 6.07 Å². The van der Waals surface area contributed by atoms with Crippen LogP contribution in [0.3, 0.4) is 0 Å². The first-order valence-corrected chi connectivity index (χ1v) is 4.17. The fourth-order valence-corrected chi connectivity index (χ4v) is 1.88. The molecule has 2 aliphatic heterocycles. The van der Waals surface area contributed by atoms with E-state index < -0.39 is 0 Å². The van der Waals surface area contributed by atoms with Crippen molar-refractivity contribution in [3.63, 3.8) is 0 Å². The van der Waals surface area contributed by atoms with Crippen LogP contribution in [0, 0.1) is 23.2 Å². The fourth-order valence-electron chi connectivity index (χ4n) is 1.88. The van der Waals surface area contributed by atoms with E-state index in [9.17, 15) is 0 Å². The van der Waals surface area contributed by atoms with Gasteiger partial charge in [-0.15, -0.1) is 0 Å². The largest absolute Gasteiger partial charge is 0.298 e. The molecule has 2 saturated heterocycles. The Kier molecular flexibility index (Phi) is 1.80. The van der Waals surface area contributed by atoms with Crippen molar-refractivity contribution in [1.82, 2.24) is 5.06 Å². The zero-order valence-corrected chi connectivity index (χ0v) is 6.49. The molecule has 2 heterocycles. The van der Waals surface area contributed by atoms with Gasteiger partial charge in [-0.1, -0.05) is 0 Å². The molecule has 0 amide bonds. The predicted molar refractivity (Wildman–Crippen MR) is 39.4 cm³/mol. The molecule has 0 radical (unpaired) electrons. The first-order chi connectivity index (χ1) is 5.40. The molecule has 2 bridgehead atoms. The van der Waals surface area contributed by atoms with Crippen molar-refractivity contribution in [2.45, 2.75) is 12.8 Å².